The minimum Gasteiger partial charge on any atom is -0.274 e. The van der Waals surface area contributed by atoms with Crippen molar-refractivity contribution in [1.29, 1.82) is 0 Å². The zero-order valence-corrected chi connectivity index (χ0v) is 10.3. The van der Waals surface area contributed by atoms with Gasteiger partial charge in [0.1, 0.15) is 6.33 Å². The van der Waals surface area contributed by atoms with Crippen LogP contribution in [0.1, 0.15) is 22.0 Å². The number of benzene rings is 1. The number of rotatable bonds is 1. The fourth-order valence-corrected chi connectivity index (χ4v) is 3.02. The first-order valence-electron chi connectivity index (χ1n) is 5.09. The monoisotopic (exact) mass is 265 g/mol. The summed E-state index contributed by atoms with van der Waals surface area (Å²) in [6, 6.07) is 7.56. The zero-order chi connectivity index (χ0) is 11.8. The molecule has 1 aromatic carbocycles. The number of thioether (sulfide) groups is 1. The number of fused-ring (bicyclic) bond motifs is 1. The van der Waals surface area contributed by atoms with Crippen molar-refractivity contribution in [3.8, 4) is 0 Å². The Kier molecular flexibility index (Phi) is 2.64. The van der Waals surface area contributed by atoms with Crippen LogP contribution < -0.4 is 0 Å². The topological polar surface area (TPSA) is 47.8 Å². The highest BCUT2D eigenvalue weighted by molar-refractivity contribution is 7.99. The quantitative estimate of drug-likeness (QED) is 0.796. The van der Waals surface area contributed by atoms with Crippen LogP contribution in [0.3, 0.4) is 0 Å². The third-order valence-electron chi connectivity index (χ3n) is 2.63. The van der Waals surface area contributed by atoms with Gasteiger partial charge in [-0.2, -0.15) is 0 Å². The van der Waals surface area contributed by atoms with Crippen LogP contribution in [0.15, 0.2) is 35.7 Å². The maximum Gasteiger partial charge on any atom is 0.235 e. The summed E-state index contributed by atoms with van der Waals surface area (Å²) in [4.78, 5) is 11.8. The molecule has 17 heavy (non-hydrogen) atoms. The van der Waals surface area contributed by atoms with Gasteiger partial charge in [0.05, 0.1) is 0 Å². The average molecular weight is 266 g/mol. The Morgan fingerprint density at radius 2 is 2.12 bits per heavy atom. The van der Waals surface area contributed by atoms with Gasteiger partial charge in [-0.05, 0) is 17.7 Å². The molecule has 0 saturated heterocycles. The molecule has 1 atom stereocenters. The van der Waals surface area contributed by atoms with Crippen LogP contribution in [0.25, 0.3) is 0 Å². The summed E-state index contributed by atoms with van der Waals surface area (Å²) in [6.45, 7) is 0. The maximum atomic E-state index is 11.8. The minimum absolute atomic E-state index is 0.0312. The van der Waals surface area contributed by atoms with Gasteiger partial charge in [0.2, 0.25) is 5.91 Å². The van der Waals surface area contributed by atoms with Crippen LogP contribution >= 0.6 is 23.4 Å². The summed E-state index contributed by atoms with van der Waals surface area (Å²) in [7, 11) is 0. The fraction of sp³-hybridized carbons (Fsp3) is 0.182. The lowest BCUT2D eigenvalue weighted by Gasteiger charge is -2.20. The number of aromatic nitrogens is 3. The SMILES string of the molecule is O=C1CC(c2ccc(Cl)cc2)Sc2nncn21. The van der Waals surface area contributed by atoms with Crippen LogP contribution in [-0.4, -0.2) is 20.7 Å². The third kappa shape index (κ3) is 1.96. The highest BCUT2D eigenvalue weighted by atomic mass is 35.5. The van der Waals surface area contributed by atoms with Gasteiger partial charge in [0, 0.05) is 16.7 Å². The number of carbonyl (C=O) groups excluding carboxylic acids is 1. The van der Waals surface area contributed by atoms with Gasteiger partial charge in [-0.1, -0.05) is 35.5 Å². The molecule has 4 nitrogen and oxygen atoms in total. The maximum absolute atomic E-state index is 11.8. The Hall–Kier alpha value is -1.33. The molecule has 0 fully saturated rings. The molecule has 6 heteroatoms. The molecule has 0 N–H and O–H groups in total. The van der Waals surface area contributed by atoms with Gasteiger partial charge in [0.15, 0.2) is 5.16 Å². The van der Waals surface area contributed by atoms with E-state index in [1.54, 1.807) is 11.8 Å². The molecule has 2 heterocycles. The Morgan fingerprint density at radius 3 is 2.88 bits per heavy atom. The number of carbonyl (C=O) groups is 1. The molecule has 0 amide bonds. The molecule has 0 radical (unpaired) electrons. The average Bonchev–Trinajstić information content (AvgIpc) is 2.78. The first-order chi connectivity index (χ1) is 8.24. The van der Waals surface area contributed by atoms with Gasteiger partial charge in [0.25, 0.3) is 0 Å². The molecule has 1 aromatic heterocycles. The standard InChI is InChI=1S/C11H8ClN3OS/c12-8-3-1-7(2-4-8)9-5-10(16)15-6-13-14-11(15)17-9/h1-4,6,9H,5H2. The molecule has 3 rings (SSSR count). The fourth-order valence-electron chi connectivity index (χ4n) is 1.77. The Labute approximate surface area is 107 Å². The van der Waals surface area contributed by atoms with Gasteiger partial charge >= 0.3 is 0 Å². The van der Waals surface area contributed by atoms with Crippen molar-refractivity contribution in [2.45, 2.75) is 16.8 Å². The highest BCUT2D eigenvalue weighted by Gasteiger charge is 2.27. The van der Waals surface area contributed by atoms with E-state index in [1.807, 2.05) is 24.3 Å². The molecule has 0 spiro atoms. The van der Waals surface area contributed by atoms with Crippen molar-refractivity contribution in [3.63, 3.8) is 0 Å². The van der Waals surface area contributed by atoms with E-state index in [4.69, 9.17) is 11.6 Å². The van der Waals surface area contributed by atoms with E-state index >= 15 is 0 Å². The smallest absolute Gasteiger partial charge is 0.235 e. The molecule has 86 valence electrons. The summed E-state index contributed by atoms with van der Waals surface area (Å²) in [5.74, 6) is 0.0312. The summed E-state index contributed by atoms with van der Waals surface area (Å²) < 4.78 is 1.50. The minimum atomic E-state index is 0.0312. The van der Waals surface area contributed by atoms with Crippen molar-refractivity contribution in [3.05, 3.63) is 41.2 Å². The van der Waals surface area contributed by atoms with Crippen molar-refractivity contribution >= 4 is 29.3 Å². The van der Waals surface area contributed by atoms with Crippen molar-refractivity contribution < 1.29 is 4.79 Å². The van der Waals surface area contributed by atoms with E-state index in [-0.39, 0.29) is 11.2 Å². The Balaban J connectivity index is 1.93. The van der Waals surface area contributed by atoms with E-state index in [0.29, 0.717) is 16.6 Å². The lowest BCUT2D eigenvalue weighted by atomic mass is 10.1. The normalized spacial score (nSPS) is 19.1. The van der Waals surface area contributed by atoms with Crippen molar-refractivity contribution in [2.24, 2.45) is 0 Å². The van der Waals surface area contributed by atoms with Crippen LogP contribution in [0, 0.1) is 0 Å². The van der Waals surface area contributed by atoms with E-state index in [9.17, 15) is 4.79 Å². The lowest BCUT2D eigenvalue weighted by molar-refractivity contribution is 0.0886. The summed E-state index contributed by atoms with van der Waals surface area (Å²) in [6.07, 6.45) is 1.92. The highest BCUT2D eigenvalue weighted by Crippen LogP contribution is 2.40. The lowest BCUT2D eigenvalue weighted by Crippen LogP contribution is -2.18. The van der Waals surface area contributed by atoms with Gasteiger partial charge in [-0.25, -0.2) is 4.57 Å². The largest absolute Gasteiger partial charge is 0.274 e. The zero-order valence-electron chi connectivity index (χ0n) is 8.71. The Bertz CT molecular complexity index is 566. The van der Waals surface area contributed by atoms with E-state index in [1.165, 1.54) is 10.9 Å². The second-order valence-corrected chi connectivity index (χ2v) is 5.35. The van der Waals surface area contributed by atoms with Crippen LogP contribution in [0.4, 0.5) is 0 Å². The number of nitrogens with zero attached hydrogens (tertiary/aromatic N) is 3. The van der Waals surface area contributed by atoms with E-state index in [0.717, 1.165) is 5.56 Å². The third-order valence-corrected chi connectivity index (χ3v) is 4.10. The number of hydrogen-bond acceptors (Lipinski definition) is 4. The van der Waals surface area contributed by atoms with E-state index < -0.39 is 0 Å². The molecule has 1 unspecified atom stereocenters. The van der Waals surface area contributed by atoms with Gasteiger partial charge < -0.3 is 0 Å². The molecule has 0 saturated carbocycles. The molecule has 2 aromatic rings. The predicted octanol–water partition coefficient (Wildman–Crippen LogP) is 2.81. The molecule has 0 aliphatic carbocycles. The van der Waals surface area contributed by atoms with Crippen LogP contribution in [0.2, 0.25) is 5.02 Å². The number of halogens is 1. The Morgan fingerprint density at radius 1 is 1.35 bits per heavy atom. The first-order valence-corrected chi connectivity index (χ1v) is 6.35. The van der Waals surface area contributed by atoms with Crippen molar-refractivity contribution in [2.75, 3.05) is 0 Å². The van der Waals surface area contributed by atoms with Crippen LogP contribution in [-0.2, 0) is 0 Å². The second-order valence-electron chi connectivity index (χ2n) is 3.74. The molecular formula is C11H8ClN3OS. The first kappa shape index (κ1) is 10.8. The molecule has 0 bridgehead atoms. The number of hydrogen-bond donors (Lipinski definition) is 0. The summed E-state index contributed by atoms with van der Waals surface area (Å²) in [5.41, 5.74) is 1.09. The summed E-state index contributed by atoms with van der Waals surface area (Å²) in [5, 5.41) is 9.12. The van der Waals surface area contributed by atoms with E-state index in [2.05, 4.69) is 10.2 Å². The van der Waals surface area contributed by atoms with Crippen LogP contribution in [0.5, 0.6) is 0 Å². The summed E-state index contributed by atoms with van der Waals surface area (Å²) >= 11 is 7.39. The predicted molar refractivity (Wildman–Crippen MR) is 65.3 cm³/mol. The van der Waals surface area contributed by atoms with Gasteiger partial charge in [-0.3, -0.25) is 4.79 Å². The van der Waals surface area contributed by atoms with Gasteiger partial charge in [-0.15, -0.1) is 10.2 Å². The molecule has 1 aliphatic rings. The molecule has 1 aliphatic heterocycles. The second kappa shape index (κ2) is 4.16. The van der Waals surface area contributed by atoms with Crippen molar-refractivity contribution in [1.82, 2.24) is 14.8 Å². The molecular weight excluding hydrogens is 258 g/mol.